The van der Waals surface area contributed by atoms with Crippen LogP contribution in [0.4, 0.5) is 0 Å². The van der Waals surface area contributed by atoms with E-state index in [1.165, 1.54) is 7.11 Å². The molecule has 0 saturated carbocycles. The number of hydrogen-bond acceptors (Lipinski definition) is 5. The Morgan fingerprint density at radius 1 is 1.03 bits per heavy atom. The highest BCUT2D eigenvalue weighted by molar-refractivity contribution is 6.06. The molecule has 1 fully saturated rings. The number of hydrogen-bond donors (Lipinski definition) is 1. The molecule has 30 heavy (non-hydrogen) atoms. The molecule has 1 saturated heterocycles. The van der Waals surface area contributed by atoms with Gasteiger partial charge in [-0.2, -0.15) is 0 Å². The maximum Gasteiger partial charge on any atom is 0.270 e. The molecular weight excluding hydrogens is 384 g/mol. The molecule has 0 unspecified atom stereocenters. The van der Waals surface area contributed by atoms with Crippen LogP contribution in [0.15, 0.2) is 48.2 Å². The van der Waals surface area contributed by atoms with Crippen molar-refractivity contribution in [3.8, 4) is 17.2 Å². The van der Waals surface area contributed by atoms with Crippen LogP contribution in [0, 0.1) is 0 Å². The van der Waals surface area contributed by atoms with Crippen LogP contribution < -0.4 is 19.5 Å². The first-order valence-corrected chi connectivity index (χ1v) is 10.0. The number of amides is 2. The predicted octanol–water partition coefficient (Wildman–Crippen LogP) is 3.21. The summed E-state index contributed by atoms with van der Waals surface area (Å²) in [5, 5.41) is 2.80. The maximum absolute atomic E-state index is 13.2. The van der Waals surface area contributed by atoms with E-state index in [1.54, 1.807) is 47.4 Å². The maximum atomic E-state index is 13.2. The molecule has 2 aromatic rings. The Bertz CT molecular complexity index is 979. The van der Waals surface area contributed by atoms with Crippen LogP contribution in [0.2, 0.25) is 0 Å². The lowest BCUT2D eigenvalue weighted by atomic mass is 10.1. The molecule has 7 nitrogen and oxygen atoms in total. The standard InChI is InChI=1S/C23H24N2O5/c1-28-19-8-4-3-7-17(19)22(26)24-18(23(27)25-11-5-2-6-12-25)13-16-9-10-20-21(14-16)30-15-29-20/h3-4,7-10,13-14H,2,5-6,11-12,15H2,1H3,(H,24,26)/b18-13-. The monoisotopic (exact) mass is 408 g/mol. The fourth-order valence-corrected chi connectivity index (χ4v) is 3.61. The number of para-hydroxylation sites is 1. The first-order valence-electron chi connectivity index (χ1n) is 10.0. The topological polar surface area (TPSA) is 77.1 Å². The third kappa shape index (κ3) is 4.25. The third-order valence-corrected chi connectivity index (χ3v) is 5.18. The zero-order valence-electron chi connectivity index (χ0n) is 16.8. The van der Waals surface area contributed by atoms with Crippen molar-refractivity contribution in [1.82, 2.24) is 10.2 Å². The van der Waals surface area contributed by atoms with Crippen molar-refractivity contribution in [2.24, 2.45) is 0 Å². The van der Waals surface area contributed by atoms with Gasteiger partial charge in [0.1, 0.15) is 11.4 Å². The van der Waals surface area contributed by atoms with Gasteiger partial charge in [-0.15, -0.1) is 0 Å². The first kappa shape index (κ1) is 19.8. The molecule has 2 amide bonds. The fraction of sp³-hybridized carbons (Fsp3) is 0.304. The van der Waals surface area contributed by atoms with E-state index < -0.39 is 5.91 Å². The Labute approximate surface area is 175 Å². The van der Waals surface area contributed by atoms with E-state index in [4.69, 9.17) is 14.2 Å². The van der Waals surface area contributed by atoms with E-state index >= 15 is 0 Å². The quantitative estimate of drug-likeness (QED) is 0.769. The molecule has 0 aliphatic carbocycles. The molecule has 0 radical (unpaired) electrons. The highest BCUT2D eigenvalue weighted by atomic mass is 16.7. The number of benzene rings is 2. The Morgan fingerprint density at radius 2 is 1.80 bits per heavy atom. The van der Waals surface area contributed by atoms with E-state index in [0.29, 0.717) is 35.9 Å². The molecule has 7 heteroatoms. The number of nitrogens with zero attached hydrogens (tertiary/aromatic N) is 1. The van der Waals surface area contributed by atoms with Crippen LogP contribution in [0.3, 0.4) is 0 Å². The minimum Gasteiger partial charge on any atom is -0.496 e. The molecule has 4 rings (SSSR count). The van der Waals surface area contributed by atoms with E-state index in [2.05, 4.69) is 5.32 Å². The molecular formula is C23H24N2O5. The minimum absolute atomic E-state index is 0.173. The number of nitrogens with one attached hydrogen (secondary N) is 1. The Balaban J connectivity index is 1.64. The van der Waals surface area contributed by atoms with Crippen molar-refractivity contribution >= 4 is 17.9 Å². The Kier molecular flexibility index (Phi) is 5.88. The van der Waals surface area contributed by atoms with Gasteiger partial charge < -0.3 is 24.4 Å². The molecule has 2 heterocycles. The van der Waals surface area contributed by atoms with E-state index in [1.807, 2.05) is 6.07 Å². The lowest BCUT2D eigenvalue weighted by Gasteiger charge is -2.27. The van der Waals surface area contributed by atoms with Crippen LogP contribution in [0.5, 0.6) is 17.2 Å². The molecule has 1 N–H and O–H groups in total. The summed E-state index contributed by atoms with van der Waals surface area (Å²) >= 11 is 0. The number of carbonyl (C=O) groups is 2. The number of ether oxygens (including phenoxy) is 3. The second-order valence-corrected chi connectivity index (χ2v) is 7.18. The number of likely N-dealkylation sites (tertiary alicyclic amines) is 1. The predicted molar refractivity (Wildman–Crippen MR) is 111 cm³/mol. The van der Waals surface area contributed by atoms with Crippen LogP contribution in [-0.2, 0) is 4.79 Å². The van der Waals surface area contributed by atoms with Gasteiger partial charge in [-0.25, -0.2) is 0 Å². The molecule has 0 atom stereocenters. The second-order valence-electron chi connectivity index (χ2n) is 7.18. The van der Waals surface area contributed by atoms with Gasteiger partial charge in [-0.3, -0.25) is 9.59 Å². The Morgan fingerprint density at radius 3 is 2.60 bits per heavy atom. The molecule has 0 bridgehead atoms. The Hall–Kier alpha value is -3.48. The van der Waals surface area contributed by atoms with Gasteiger partial charge in [0, 0.05) is 13.1 Å². The molecule has 156 valence electrons. The van der Waals surface area contributed by atoms with Crippen LogP contribution in [0.1, 0.15) is 35.2 Å². The van der Waals surface area contributed by atoms with Crippen molar-refractivity contribution in [2.45, 2.75) is 19.3 Å². The molecule has 2 aromatic carbocycles. The van der Waals surface area contributed by atoms with E-state index in [-0.39, 0.29) is 18.4 Å². The largest absolute Gasteiger partial charge is 0.496 e. The molecule has 2 aliphatic heterocycles. The van der Waals surface area contributed by atoms with E-state index in [0.717, 1.165) is 24.8 Å². The summed E-state index contributed by atoms with van der Waals surface area (Å²) in [6.07, 6.45) is 4.71. The molecule has 0 aromatic heterocycles. The average molecular weight is 408 g/mol. The summed E-state index contributed by atoms with van der Waals surface area (Å²) in [7, 11) is 1.51. The van der Waals surface area contributed by atoms with Gasteiger partial charge in [0.2, 0.25) is 6.79 Å². The summed E-state index contributed by atoms with van der Waals surface area (Å²) < 4.78 is 16.1. The lowest BCUT2D eigenvalue weighted by Crippen LogP contribution is -2.41. The van der Waals surface area contributed by atoms with Crippen LogP contribution >= 0.6 is 0 Å². The van der Waals surface area contributed by atoms with Crippen LogP contribution in [0.25, 0.3) is 6.08 Å². The van der Waals surface area contributed by atoms with Crippen molar-refractivity contribution in [3.05, 3.63) is 59.3 Å². The third-order valence-electron chi connectivity index (χ3n) is 5.18. The number of carbonyl (C=O) groups excluding carboxylic acids is 2. The zero-order chi connectivity index (χ0) is 20.9. The zero-order valence-corrected chi connectivity index (χ0v) is 16.8. The van der Waals surface area contributed by atoms with Crippen molar-refractivity contribution in [3.63, 3.8) is 0 Å². The van der Waals surface area contributed by atoms with Gasteiger partial charge in [0.05, 0.1) is 12.7 Å². The minimum atomic E-state index is -0.398. The summed E-state index contributed by atoms with van der Waals surface area (Å²) in [6, 6.07) is 12.3. The molecule has 2 aliphatic rings. The normalized spacial score (nSPS) is 15.6. The highest BCUT2D eigenvalue weighted by Crippen LogP contribution is 2.33. The van der Waals surface area contributed by atoms with E-state index in [9.17, 15) is 9.59 Å². The SMILES string of the molecule is COc1ccccc1C(=O)N/C(=C\c1ccc2c(c1)OCO2)C(=O)N1CCCCC1. The van der Waals surface area contributed by atoms with Gasteiger partial charge >= 0.3 is 0 Å². The average Bonchev–Trinajstić information content (AvgIpc) is 3.26. The van der Waals surface area contributed by atoms with Crippen molar-refractivity contribution < 1.29 is 23.8 Å². The van der Waals surface area contributed by atoms with Crippen molar-refractivity contribution in [1.29, 1.82) is 0 Å². The van der Waals surface area contributed by atoms with Gasteiger partial charge in [-0.05, 0) is 55.2 Å². The summed E-state index contributed by atoms with van der Waals surface area (Å²) in [4.78, 5) is 27.9. The number of methoxy groups -OCH3 is 1. The van der Waals surface area contributed by atoms with Gasteiger partial charge in [0.15, 0.2) is 11.5 Å². The smallest absolute Gasteiger partial charge is 0.270 e. The second kappa shape index (κ2) is 8.90. The number of fused-ring (bicyclic) bond motifs is 1. The summed E-state index contributed by atoms with van der Waals surface area (Å²) in [5.41, 5.74) is 1.31. The lowest BCUT2D eigenvalue weighted by molar-refractivity contribution is -0.128. The van der Waals surface area contributed by atoms with Crippen molar-refractivity contribution in [2.75, 3.05) is 27.0 Å². The molecule has 0 spiro atoms. The first-order chi connectivity index (χ1) is 14.7. The van der Waals surface area contributed by atoms with Gasteiger partial charge in [0.25, 0.3) is 11.8 Å². The summed E-state index contributed by atoms with van der Waals surface area (Å²) in [5.74, 6) is 1.13. The van der Waals surface area contributed by atoms with Gasteiger partial charge in [-0.1, -0.05) is 18.2 Å². The van der Waals surface area contributed by atoms with Crippen LogP contribution in [-0.4, -0.2) is 43.7 Å². The number of rotatable bonds is 5. The fourth-order valence-electron chi connectivity index (χ4n) is 3.61. The summed E-state index contributed by atoms with van der Waals surface area (Å²) in [6.45, 7) is 1.54. The number of piperidine rings is 1. The highest BCUT2D eigenvalue weighted by Gasteiger charge is 2.24.